The van der Waals surface area contributed by atoms with Crippen molar-refractivity contribution in [2.45, 2.75) is 45.6 Å². The molecule has 0 bridgehead atoms. The third-order valence-electron chi connectivity index (χ3n) is 2.82. The summed E-state index contributed by atoms with van der Waals surface area (Å²) in [7, 11) is 0. The molecule has 1 fully saturated rings. The minimum atomic E-state index is 0.510. The van der Waals surface area contributed by atoms with Crippen LogP contribution in [0.4, 0.5) is 0 Å². The number of hydrogen-bond donors (Lipinski definition) is 1. The second kappa shape index (κ2) is 4.31. The van der Waals surface area contributed by atoms with E-state index < -0.39 is 0 Å². The molecule has 0 aliphatic heterocycles. The van der Waals surface area contributed by atoms with Gasteiger partial charge >= 0.3 is 0 Å². The van der Waals surface area contributed by atoms with Gasteiger partial charge in [0.25, 0.3) is 0 Å². The van der Waals surface area contributed by atoms with Crippen molar-refractivity contribution in [1.82, 2.24) is 15.5 Å². The van der Waals surface area contributed by atoms with Crippen molar-refractivity contribution < 1.29 is 4.52 Å². The zero-order valence-corrected chi connectivity index (χ0v) is 9.66. The second-order valence-electron chi connectivity index (χ2n) is 4.72. The van der Waals surface area contributed by atoms with Crippen molar-refractivity contribution in [1.29, 1.82) is 0 Å². The summed E-state index contributed by atoms with van der Waals surface area (Å²) in [6.45, 7) is 7.39. The number of nitrogens with one attached hydrogen (secondary N) is 1. The summed E-state index contributed by atoms with van der Waals surface area (Å²) in [5.74, 6) is 2.96. The lowest BCUT2D eigenvalue weighted by Crippen LogP contribution is -2.25. The van der Waals surface area contributed by atoms with Gasteiger partial charge in [-0.15, -0.1) is 0 Å². The molecule has 0 amide bonds. The van der Waals surface area contributed by atoms with Crippen molar-refractivity contribution in [2.24, 2.45) is 5.92 Å². The Labute approximate surface area is 90.4 Å². The highest BCUT2D eigenvalue weighted by Crippen LogP contribution is 2.45. The molecule has 0 saturated heterocycles. The molecule has 2 atom stereocenters. The minimum absolute atomic E-state index is 0.510. The van der Waals surface area contributed by atoms with Gasteiger partial charge in [0.05, 0.1) is 0 Å². The zero-order chi connectivity index (χ0) is 10.8. The topological polar surface area (TPSA) is 51.0 Å². The van der Waals surface area contributed by atoms with Crippen LogP contribution in [-0.2, 0) is 6.42 Å². The average molecular weight is 209 g/mol. The molecule has 2 unspecified atom stereocenters. The Morgan fingerprint density at radius 3 is 2.87 bits per heavy atom. The molecule has 4 heteroatoms. The van der Waals surface area contributed by atoms with E-state index in [1.807, 2.05) is 0 Å². The molecule has 1 aliphatic carbocycles. The van der Waals surface area contributed by atoms with Gasteiger partial charge in [0.2, 0.25) is 5.89 Å². The summed E-state index contributed by atoms with van der Waals surface area (Å²) >= 11 is 0. The molecule has 1 saturated carbocycles. The minimum Gasteiger partial charge on any atom is -0.339 e. The van der Waals surface area contributed by atoms with Crippen molar-refractivity contribution in [3.63, 3.8) is 0 Å². The van der Waals surface area contributed by atoms with Gasteiger partial charge in [-0.3, -0.25) is 0 Å². The molecular formula is C11H19N3O. The number of hydrogen-bond acceptors (Lipinski definition) is 4. The smallest absolute Gasteiger partial charge is 0.227 e. The largest absolute Gasteiger partial charge is 0.339 e. The van der Waals surface area contributed by atoms with Crippen molar-refractivity contribution >= 4 is 0 Å². The number of aromatic nitrogens is 2. The molecule has 4 nitrogen and oxygen atoms in total. The Balaban J connectivity index is 1.80. The van der Waals surface area contributed by atoms with Crippen LogP contribution >= 0.6 is 0 Å². The van der Waals surface area contributed by atoms with E-state index in [0.717, 1.165) is 30.6 Å². The standard InChI is InChI=1S/C11H19N3O/c1-7(2)12-5-4-10-13-11(14-15-10)9-6-8(9)3/h7-9,12H,4-6H2,1-3H3. The first kappa shape index (κ1) is 10.6. The molecule has 84 valence electrons. The van der Waals surface area contributed by atoms with E-state index >= 15 is 0 Å². The van der Waals surface area contributed by atoms with Crippen LogP contribution < -0.4 is 5.32 Å². The molecule has 1 aromatic rings. The summed E-state index contributed by atoms with van der Waals surface area (Å²) in [5.41, 5.74) is 0. The van der Waals surface area contributed by atoms with E-state index in [1.54, 1.807) is 0 Å². The quantitative estimate of drug-likeness (QED) is 0.802. The fraction of sp³-hybridized carbons (Fsp3) is 0.818. The molecule has 1 N–H and O–H groups in total. The molecule has 0 spiro atoms. The Morgan fingerprint density at radius 1 is 1.53 bits per heavy atom. The molecule has 0 radical (unpaired) electrons. The van der Waals surface area contributed by atoms with Crippen LogP contribution in [0.1, 0.15) is 44.8 Å². The highest BCUT2D eigenvalue weighted by Gasteiger charge is 2.37. The summed E-state index contributed by atoms with van der Waals surface area (Å²) in [4.78, 5) is 4.40. The summed E-state index contributed by atoms with van der Waals surface area (Å²) in [6, 6.07) is 0.510. The van der Waals surface area contributed by atoms with Gasteiger partial charge in [-0.05, 0) is 12.3 Å². The Hall–Kier alpha value is -0.900. The predicted molar refractivity (Wildman–Crippen MR) is 57.7 cm³/mol. The molecule has 1 aromatic heterocycles. The fourth-order valence-electron chi connectivity index (χ4n) is 1.67. The van der Waals surface area contributed by atoms with Crippen LogP contribution in [0.5, 0.6) is 0 Å². The molecular weight excluding hydrogens is 190 g/mol. The third kappa shape index (κ3) is 2.78. The SMILES string of the molecule is CC(C)NCCc1nc(C2CC2C)no1. The monoisotopic (exact) mass is 209 g/mol. The third-order valence-corrected chi connectivity index (χ3v) is 2.82. The van der Waals surface area contributed by atoms with Crippen molar-refractivity contribution in [2.75, 3.05) is 6.54 Å². The Kier molecular flexibility index (Phi) is 3.05. The summed E-state index contributed by atoms with van der Waals surface area (Å²) in [5, 5.41) is 7.34. The van der Waals surface area contributed by atoms with Crippen LogP contribution in [0.2, 0.25) is 0 Å². The van der Waals surface area contributed by atoms with E-state index in [4.69, 9.17) is 4.52 Å². The van der Waals surface area contributed by atoms with Gasteiger partial charge in [0, 0.05) is 24.9 Å². The summed E-state index contributed by atoms with van der Waals surface area (Å²) in [6.07, 6.45) is 2.04. The van der Waals surface area contributed by atoms with Gasteiger partial charge in [0.1, 0.15) is 0 Å². The van der Waals surface area contributed by atoms with Gasteiger partial charge in [0.15, 0.2) is 5.82 Å². The highest BCUT2D eigenvalue weighted by atomic mass is 16.5. The highest BCUT2D eigenvalue weighted by molar-refractivity contribution is 5.07. The lowest BCUT2D eigenvalue weighted by molar-refractivity contribution is 0.368. The van der Waals surface area contributed by atoms with Crippen molar-refractivity contribution in [3.8, 4) is 0 Å². The van der Waals surface area contributed by atoms with E-state index in [2.05, 4.69) is 36.2 Å². The first-order chi connectivity index (χ1) is 7.16. The Bertz CT molecular complexity index is 321. The first-order valence-electron chi connectivity index (χ1n) is 5.72. The van der Waals surface area contributed by atoms with Gasteiger partial charge in [-0.2, -0.15) is 4.98 Å². The van der Waals surface area contributed by atoms with Gasteiger partial charge in [-0.1, -0.05) is 25.9 Å². The lowest BCUT2D eigenvalue weighted by atomic mass is 10.3. The number of rotatable bonds is 5. The maximum absolute atomic E-state index is 5.19. The van der Waals surface area contributed by atoms with Gasteiger partial charge in [-0.25, -0.2) is 0 Å². The van der Waals surface area contributed by atoms with Crippen LogP contribution in [0.3, 0.4) is 0 Å². The summed E-state index contributed by atoms with van der Waals surface area (Å²) < 4.78 is 5.19. The molecule has 15 heavy (non-hydrogen) atoms. The first-order valence-corrected chi connectivity index (χ1v) is 5.72. The van der Waals surface area contributed by atoms with E-state index in [9.17, 15) is 0 Å². The number of nitrogens with zero attached hydrogens (tertiary/aromatic N) is 2. The predicted octanol–water partition coefficient (Wildman–Crippen LogP) is 1.73. The molecule has 1 heterocycles. The lowest BCUT2D eigenvalue weighted by Gasteiger charge is -2.04. The zero-order valence-electron chi connectivity index (χ0n) is 9.66. The normalized spacial score (nSPS) is 24.8. The second-order valence-corrected chi connectivity index (χ2v) is 4.72. The maximum Gasteiger partial charge on any atom is 0.227 e. The average Bonchev–Trinajstić information content (AvgIpc) is 2.73. The van der Waals surface area contributed by atoms with E-state index in [1.165, 1.54) is 6.42 Å². The molecule has 0 aromatic carbocycles. The van der Waals surface area contributed by atoms with Crippen LogP contribution in [0.25, 0.3) is 0 Å². The van der Waals surface area contributed by atoms with Gasteiger partial charge < -0.3 is 9.84 Å². The van der Waals surface area contributed by atoms with Crippen LogP contribution in [0.15, 0.2) is 4.52 Å². The van der Waals surface area contributed by atoms with Crippen LogP contribution in [0, 0.1) is 5.92 Å². The Morgan fingerprint density at radius 2 is 2.27 bits per heavy atom. The fourth-order valence-corrected chi connectivity index (χ4v) is 1.67. The van der Waals surface area contributed by atoms with Crippen LogP contribution in [-0.4, -0.2) is 22.7 Å². The molecule has 1 aliphatic rings. The molecule has 2 rings (SSSR count). The maximum atomic E-state index is 5.19. The van der Waals surface area contributed by atoms with E-state index in [0.29, 0.717) is 12.0 Å². The van der Waals surface area contributed by atoms with Crippen molar-refractivity contribution in [3.05, 3.63) is 11.7 Å². The van der Waals surface area contributed by atoms with E-state index in [-0.39, 0.29) is 0 Å².